The average molecular weight is 98.3 g/mol. The largest absolute Gasteiger partial charge is 0.144 e. The fourth-order valence-electron chi connectivity index (χ4n) is 0.442. The minimum absolute atomic E-state index is 0.321. The smallest absolute Gasteiger partial charge is 0.0932 e. The Morgan fingerprint density at radius 1 is 1.60 bits per heavy atom. The molecule has 0 saturated heterocycles. The van der Waals surface area contributed by atoms with E-state index < -0.39 is 0 Å². The maximum atomic E-state index is 3.17. The van der Waals surface area contributed by atoms with Crippen molar-refractivity contribution in [2.24, 2.45) is 0 Å². The van der Waals surface area contributed by atoms with Gasteiger partial charge in [-0.1, -0.05) is 0 Å². The van der Waals surface area contributed by atoms with Crippen molar-refractivity contribution in [1.29, 1.82) is 0 Å². The highest BCUT2D eigenvalue weighted by molar-refractivity contribution is 7.06. The number of hydrogen-bond donors (Lipinski definition) is 0. The van der Waals surface area contributed by atoms with Crippen LogP contribution in [0.1, 0.15) is 0 Å². The molecule has 0 fully saturated rings. The molecule has 0 unspecified atom stereocenters. The van der Waals surface area contributed by atoms with E-state index in [-0.39, 0.29) is 0 Å². The second-order valence-electron chi connectivity index (χ2n) is 1.21. The van der Waals surface area contributed by atoms with Crippen LogP contribution in [-0.2, 0) is 0 Å². The van der Waals surface area contributed by atoms with Gasteiger partial charge in [-0.2, -0.15) is 0 Å². The van der Waals surface area contributed by atoms with Crippen LogP contribution < -0.4 is 0 Å². The van der Waals surface area contributed by atoms with Crippen LogP contribution in [0.2, 0.25) is 6.04 Å². The zero-order valence-electron chi connectivity index (χ0n) is 3.12. The Labute approximate surface area is 36.4 Å². The summed E-state index contributed by atoms with van der Waals surface area (Å²) in [6.07, 6.45) is 0. The first-order valence-corrected chi connectivity index (χ1v) is 7.66. The molecule has 0 N–H and O–H groups in total. The van der Waals surface area contributed by atoms with Crippen LogP contribution >= 0.6 is 0 Å². The quantitative estimate of drug-likeness (QED) is 0.259. The third kappa shape index (κ3) is 0.637. The topological polar surface area (TPSA) is 0 Å². The lowest BCUT2D eigenvalue weighted by atomic mass is 10.8. The van der Waals surface area contributed by atoms with Crippen molar-refractivity contribution >= 4 is 18.1 Å². The van der Waals surface area contributed by atoms with Crippen LogP contribution in [0.25, 0.3) is 0 Å². The van der Waals surface area contributed by atoms with E-state index in [1.165, 1.54) is 6.04 Å². The van der Waals surface area contributed by atoms with Crippen LogP contribution in [0.5, 0.6) is 0 Å². The van der Waals surface area contributed by atoms with Gasteiger partial charge in [-0.05, 0) is 6.04 Å². The van der Waals surface area contributed by atoms with Gasteiger partial charge in [0, 0.05) is 9.04 Å². The van der Waals surface area contributed by atoms with Gasteiger partial charge in [-0.25, -0.2) is 0 Å². The van der Waals surface area contributed by atoms with Crippen molar-refractivity contribution in [3.8, 4) is 11.5 Å². The number of hydrogen-bond acceptors (Lipinski definition) is 0. The molecule has 26 valence electrons. The molecule has 1 rings (SSSR count). The Hall–Kier alpha value is -0.00623. The number of rotatable bonds is 0. The molecule has 0 aromatic carbocycles. The van der Waals surface area contributed by atoms with Crippen LogP contribution in [0.15, 0.2) is 0 Å². The van der Waals surface area contributed by atoms with E-state index in [0.29, 0.717) is 18.1 Å². The van der Waals surface area contributed by atoms with Crippen molar-refractivity contribution < 1.29 is 0 Å². The molecule has 0 saturated carbocycles. The molecule has 0 aromatic rings. The van der Waals surface area contributed by atoms with Crippen molar-refractivity contribution in [3.63, 3.8) is 0 Å². The molecule has 0 aliphatic carbocycles. The first kappa shape index (κ1) is 3.19. The summed E-state index contributed by atoms with van der Waals surface area (Å²) in [5.41, 5.74) is 3.17. The molecule has 1 aliphatic heterocycles. The Bertz CT molecular complexity index is 68.6. The zero-order chi connectivity index (χ0) is 3.54. The molecule has 1 heterocycles. The molecular weight excluding hydrogens is 92.2 g/mol. The van der Waals surface area contributed by atoms with Gasteiger partial charge in [0.25, 0.3) is 0 Å². The van der Waals surface area contributed by atoms with Gasteiger partial charge in [-0.3, -0.25) is 0 Å². The Kier molecular flexibility index (Phi) is 0.917. The van der Waals surface area contributed by atoms with E-state index in [1.54, 1.807) is 0 Å². The molecule has 2 heteroatoms. The van der Waals surface area contributed by atoms with E-state index in [9.17, 15) is 0 Å². The predicted molar refractivity (Wildman–Crippen MR) is 29.7 cm³/mol. The van der Waals surface area contributed by atoms with Gasteiger partial charge in [0.05, 0.1) is 9.04 Å². The molecule has 0 radical (unpaired) electrons. The average Bonchev–Trinajstić information content (AvgIpc) is 1.76. The van der Waals surface area contributed by atoms with Crippen molar-refractivity contribution in [2.75, 3.05) is 0 Å². The molecular formula is C3H6Si2. The highest BCUT2D eigenvalue weighted by Crippen LogP contribution is 1.76. The van der Waals surface area contributed by atoms with E-state index in [4.69, 9.17) is 0 Å². The van der Waals surface area contributed by atoms with E-state index in [1.807, 2.05) is 0 Å². The van der Waals surface area contributed by atoms with Crippen molar-refractivity contribution in [3.05, 3.63) is 0 Å². The predicted octanol–water partition coefficient (Wildman–Crippen LogP) is -1.37. The first-order valence-electron chi connectivity index (χ1n) is 1.96. The summed E-state index contributed by atoms with van der Waals surface area (Å²) in [4.78, 5) is 0. The van der Waals surface area contributed by atoms with Gasteiger partial charge in [0.1, 0.15) is 0 Å². The molecule has 0 spiro atoms. The molecule has 0 nitrogen and oxygen atoms in total. The van der Waals surface area contributed by atoms with E-state index in [2.05, 4.69) is 11.5 Å². The highest BCUT2D eigenvalue weighted by Gasteiger charge is 1.86. The minimum atomic E-state index is 0.321. The van der Waals surface area contributed by atoms with E-state index >= 15 is 0 Å². The van der Waals surface area contributed by atoms with Crippen LogP contribution in [0, 0.1) is 11.5 Å². The van der Waals surface area contributed by atoms with Crippen LogP contribution in [-0.4, -0.2) is 18.1 Å². The third-order valence-corrected chi connectivity index (χ3v) is 5.06. The lowest BCUT2D eigenvalue weighted by Gasteiger charge is -1.63. The summed E-state index contributed by atoms with van der Waals surface area (Å²) in [6.45, 7) is 0. The summed E-state index contributed by atoms with van der Waals surface area (Å²) in [6, 6.07) is 1.34. The van der Waals surface area contributed by atoms with Crippen LogP contribution in [0.3, 0.4) is 0 Å². The second kappa shape index (κ2) is 1.44. The fraction of sp³-hybridized carbons (Fsp3) is 0.333. The van der Waals surface area contributed by atoms with Gasteiger partial charge < -0.3 is 0 Å². The van der Waals surface area contributed by atoms with Gasteiger partial charge in [0.15, 0.2) is 0 Å². The van der Waals surface area contributed by atoms with Crippen molar-refractivity contribution in [2.45, 2.75) is 6.04 Å². The summed E-state index contributed by atoms with van der Waals surface area (Å²) in [7, 11) is 0.781. The summed E-state index contributed by atoms with van der Waals surface area (Å²) < 4.78 is 0. The second-order valence-corrected chi connectivity index (χ2v) is 6.89. The molecule has 5 heavy (non-hydrogen) atoms. The highest BCUT2D eigenvalue weighted by atomic mass is 29.1. The first-order chi connectivity index (χ1) is 2.50. The maximum absolute atomic E-state index is 3.17. The summed E-state index contributed by atoms with van der Waals surface area (Å²) in [5, 5.41) is 0. The Morgan fingerprint density at radius 2 is 2.60 bits per heavy atom. The molecule has 0 aromatic heterocycles. The standard InChI is InChI=1S/C3H6Si2/c1-2-4-5-3-1/h2,4-5H2. The summed E-state index contributed by atoms with van der Waals surface area (Å²) >= 11 is 0. The molecule has 1 aliphatic rings. The Morgan fingerprint density at radius 3 is 2.80 bits per heavy atom. The monoisotopic (exact) mass is 98.0 g/mol. The Balaban J connectivity index is 2.42. The van der Waals surface area contributed by atoms with Gasteiger partial charge >= 0.3 is 0 Å². The van der Waals surface area contributed by atoms with E-state index in [0.717, 1.165) is 0 Å². The van der Waals surface area contributed by atoms with Crippen LogP contribution in [0.4, 0.5) is 0 Å². The fourth-order valence-corrected chi connectivity index (χ4v) is 3.98. The minimum Gasteiger partial charge on any atom is -0.144 e. The molecule has 0 amide bonds. The third-order valence-electron chi connectivity index (χ3n) is 0.729. The zero-order valence-corrected chi connectivity index (χ0v) is 5.95. The van der Waals surface area contributed by atoms with Gasteiger partial charge in [-0.15, -0.1) is 11.5 Å². The summed E-state index contributed by atoms with van der Waals surface area (Å²) in [5.74, 6) is 3.10. The lowest BCUT2D eigenvalue weighted by molar-refractivity contribution is 1.89. The maximum Gasteiger partial charge on any atom is 0.0932 e. The molecule has 0 atom stereocenters. The van der Waals surface area contributed by atoms with Gasteiger partial charge in [0.2, 0.25) is 0 Å². The lowest BCUT2D eigenvalue weighted by Crippen LogP contribution is -1.89. The normalized spacial score (nSPS) is 27.2. The molecule has 0 bridgehead atoms. The SMILES string of the molecule is C1#C[SiH2][SiH2]C1. The van der Waals surface area contributed by atoms with Crippen molar-refractivity contribution in [1.82, 2.24) is 0 Å².